The molecule has 33 heavy (non-hydrogen) atoms. The van der Waals surface area contributed by atoms with Crippen molar-refractivity contribution >= 4 is 0 Å². The van der Waals surface area contributed by atoms with Gasteiger partial charge in [0, 0.05) is 13.2 Å². The van der Waals surface area contributed by atoms with E-state index in [1.54, 1.807) is 12.1 Å². The minimum Gasteiger partial charge on any atom is -0.406 e. The molecule has 0 bridgehead atoms. The Morgan fingerprint density at radius 1 is 0.758 bits per heavy atom. The summed E-state index contributed by atoms with van der Waals surface area (Å²) in [7, 11) is 0. The third-order valence-corrected chi connectivity index (χ3v) is 7.88. The van der Waals surface area contributed by atoms with Crippen molar-refractivity contribution in [3.05, 3.63) is 29.8 Å². The minimum absolute atomic E-state index is 0.131. The Balaban J connectivity index is 1.26. The van der Waals surface area contributed by atoms with Crippen LogP contribution in [0.5, 0.6) is 5.75 Å². The lowest BCUT2D eigenvalue weighted by atomic mass is 9.74. The van der Waals surface area contributed by atoms with Crippen LogP contribution in [-0.2, 0) is 4.74 Å². The zero-order chi connectivity index (χ0) is 23.5. The summed E-state index contributed by atoms with van der Waals surface area (Å²) in [5.74, 6) is 2.82. The van der Waals surface area contributed by atoms with Crippen LogP contribution in [0.4, 0.5) is 13.2 Å². The van der Waals surface area contributed by atoms with E-state index in [4.69, 9.17) is 4.74 Å². The predicted molar refractivity (Wildman–Crippen MR) is 127 cm³/mol. The molecular formula is C28H43F3O2. The molecule has 0 atom stereocenters. The SMILES string of the molecule is CCCCCCOCC1CCC(CCC2CCC(c3ccc(OC(F)(F)F)cc3)CC2)CC1. The van der Waals surface area contributed by atoms with E-state index in [1.807, 2.05) is 0 Å². The normalized spacial score (nSPS) is 26.3. The number of hydrogen-bond acceptors (Lipinski definition) is 2. The van der Waals surface area contributed by atoms with E-state index >= 15 is 0 Å². The Bertz CT molecular complexity index is 642. The van der Waals surface area contributed by atoms with Crippen molar-refractivity contribution in [2.75, 3.05) is 13.2 Å². The maximum Gasteiger partial charge on any atom is 0.573 e. The maximum absolute atomic E-state index is 12.3. The Hall–Kier alpha value is -1.23. The second kappa shape index (κ2) is 13.6. The summed E-state index contributed by atoms with van der Waals surface area (Å²) >= 11 is 0. The third kappa shape index (κ3) is 9.88. The number of benzene rings is 1. The van der Waals surface area contributed by atoms with E-state index in [9.17, 15) is 13.2 Å². The summed E-state index contributed by atoms with van der Waals surface area (Å²) in [6.45, 7) is 4.15. The molecule has 2 aliphatic carbocycles. The molecule has 3 rings (SSSR count). The molecule has 0 amide bonds. The zero-order valence-corrected chi connectivity index (χ0v) is 20.4. The summed E-state index contributed by atoms with van der Waals surface area (Å²) in [4.78, 5) is 0. The van der Waals surface area contributed by atoms with E-state index in [0.717, 1.165) is 49.4 Å². The van der Waals surface area contributed by atoms with Crippen molar-refractivity contribution in [3.8, 4) is 5.75 Å². The van der Waals surface area contributed by atoms with Gasteiger partial charge in [-0.1, -0.05) is 64.0 Å². The first-order chi connectivity index (χ1) is 15.9. The monoisotopic (exact) mass is 468 g/mol. The largest absolute Gasteiger partial charge is 0.573 e. The first kappa shape index (κ1) is 26.4. The predicted octanol–water partition coefficient (Wildman–Crippen LogP) is 9.04. The van der Waals surface area contributed by atoms with Crippen molar-refractivity contribution in [2.24, 2.45) is 17.8 Å². The molecule has 1 aromatic rings. The maximum atomic E-state index is 12.3. The summed E-state index contributed by atoms with van der Waals surface area (Å²) in [5, 5.41) is 0. The molecule has 1 aromatic carbocycles. The Morgan fingerprint density at radius 2 is 1.33 bits per heavy atom. The number of ether oxygens (including phenoxy) is 2. The smallest absolute Gasteiger partial charge is 0.406 e. The van der Waals surface area contributed by atoms with Crippen LogP contribution in [0.3, 0.4) is 0 Å². The van der Waals surface area contributed by atoms with Crippen LogP contribution in [-0.4, -0.2) is 19.6 Å². The van der Waals surface area contributed by atoms with Crippen LogP contribution in [0.1, 0.15) is 108 Å². The van der Waals surface area contributed by atoms with Crippen molar-refractivity contribution in [3.63, 3.8) is 0 Å². The van der Waals surface area contributed by atoms with Crippen molar-refractivity contribution in [1.82, 2.24) is 0 Å². The van der Waals surface area contributed by atoms with E-state index in [0.29, 0.717) is 5.92 Å². The van der Waals surface area contributed by atoms with Gasteiger partial charge in [-0.2, -0.15) is 0 Å². The first-order valence-corrected chi connectivity index (χ1v) is 13.4. The lowest BCUT2D eigenvalue weighted by Crippen LogP contribution is -2.20. The highest BCUT2D eigenvalue weighted by Crippen LogP contribution is 2.40. The molecule has 2 nitrogen and oxygen atoms in total. The summed E-state index contributed by atoms with van der Waals surface area (Å²) < 4.78 is 46.9. The number of halogens is 3. The second-order valence-corrected chi connectivity index (χ2v) is 10.4. The molecule has 0 spiro atoms. The van der Waals surface area contributed by atoms with Crippen LogP contribution in [0.2, 0.25) is 0 Å². The minimum atomic E-state index is -4.62. The Morgan fingerprint density at radius 3 is 1.91 bits per heavy atom. The van der Waals surface area contributed by atoms with E-state index in [2.05, 4.69) is 11.7 Å². The van der Waals surface area contributed by atoms with Crippen LogP contribution in [0.25, 0.3) is 0 Å². The fourth-order valence-electron chi connectivity index (χ4n) is 5.77. The number of unbranched alkanes of at least 4 members (excludes halogenated alkanes) is 3. The van der Waals surface area contributed by atoms with E-state index in [1.165, 1.54) is 89.2 Å². The zero-order valence-electron chi connectivity index (χ0n) is 20.4. The fourth-order valence-corrected chi connectivity index (χ4v) is 5.77. The van der Waals surface area contributed by atoms with Crippen molar-refractivity contribution in [1.29, 1.82) is 0 Å². The Labute approximate surface area is 198 Å². The molecule has 188 valence electrons. The summed E-state index contributed by atoms with van der Waals surface area (Å²) in [6.07, 6.45) is 13.4. The molecule has 0 unspecified atom stereocenters. The van der Waals surface area contributed by atoms with Gasteiger partial charge in [0.1, 0.15) is 5.75 Å². The molecule has 0 aliphatic heterocycles. The highest BCUT2D eigenvalue weighted by molar-refractivity contribution is 5.29. The highest BCUT2D eigenvalue weighted by Gasteiger charge is 2.31. The average Bonchev–Trinajstić information content (AvgIpc) is 2.81. The van der Waals surface area contributed by atoms with Gasteiger partial charge in [-0.25, -0.2) is 0 Å². The second-order valence-electron chi connectivity index (χ2n) is 10.4. The molecule has 0 N–H and O–H groups in total. The lowest BCUT2D eigenvalue weighted by Gasteiger charge is -2.32. The van der Waals surface area contributed by atoms with Crippen molar-refractivity contribution in [2.45, 2.75) is 109 Å². The highest BCUT2D eigenvalue weighted by atomic mass is 19.4. The van der Waals surface area contributed by atoms with Crippen molar-refractivity contribution < 1.29 is 22.6 Å². The van der Waals surface area contributed by atoms with Gasteiger partial charge in [0.15, 0.2) is 0 Å². The molecule has 5 heteroatoms. The molecule has 0 heterocycles. The average molecular weight is 469 g/mol. The van der Waals surface area contributed by atoms with Gasteiger partial charge >= 0.3 is 6.36 Å². The van der Waals surface area contributed by atoms with Crippen LogP contribution >= 0.6 is 0 Å². The van der Waals surface area contributed by atoms with Crippen LogP contribution in [0, 0.1) is 17.8 Å². The van der Waals surface area contributed by atoms with Gasteiger partial charge in [-0.05, 0) is 86.3 Å². The molecule has 0 saturated heterocycles. The number of hydrogen-bond donors (Lipinski definition) is 0. The van der Waals surface area contributed by atoms with Crippen LogP contribution < -0.4 is 4.74 Å². The molecule has 2 fully saturated rings. The molecular weight excluding hydrogens is 425 g/mol. The number of alkyl halides is 3. The first-order valence-electron chi connectivity index (χ1n) is 13.4. The van der Waals surface area contributed by atoms with E-state index in [-0.39, 0.29) is 5.75 Å². The standard InChI is InChI=1S/C28H43F3O2/c1-2-3-4-5-20-32-21-24-10-8-22(9-11-24)6-7-23-12-14-25(15-13-23)26-16-18-27(19-17-26)33-28(29,30)31/h16-19,22-25H,2-15,20-21H2,1H3. The topological polar surface area (TPSA) is 18.5 Å². The van der Waals surface area contributed by atoms with Gasteiger partial charge in [-0.15, -0.1) is 13.2 Å². The quantitative estimate of drug-likeness (QED) is 0.285. The summed E-state index contributed by atoms with van der Waals surface area (Å²) in [6, 6.07) is 6.50. The molecule has 0 radical (unpaired) electrons. The van der Waals surface area contributed by atoms with Gasteiger partial charge in [0.25, 0.3) is 0 Å². The molecule has 0 aromatic heterocycles. The van der Waals surface area contributed by atoms with Gasteiger partial charge in [-0.3, -0.25) is 0 Å². The summed E-state index contributed by atoms with van der Waals surface area (Å²) in [5.41, 5.74) is 1.15. The lowest BCUT2D eigenvalue weighted by molar-refractivity contribution is -0.274. The molecule has 2 saturated carbocycles. The van der Waals surface area contributed by atoms with E-state index < -0.39 is 6.36 Å². The third-order valence-electron chi connectivity index (χ3n) is 7.88. The van der Waals surface area contributed by atoms with Gasteiger partial charge in [0.05, 0.1) is 0 Å². The van der Waals surface area contributed by atoms with Gasteiger partial charge < -0.3 is 9.47 Å². The van der Waals surface area contributed by atoms with Gasteiger partial charge in [0.2, 0.25) is 0 Å². The molecule has 2 aliphatic rings. The van der Waals surface area contributed by atoms with Crippen LogP contribution in [0.15, 0.2) is 24.3 Å². The fraction of sp³-hybridized carbons (Fsp3) is 0.786. The number of rotatable bonds is 12. The Kier molecular flexibility index (Phi) is 10.9.